The SMILES string of the molecule is Cc1ccc(Cn2c(-c3ccc(Oc4cccc(C(=O)N5CCCCC5)c4)cc3)cc(C(F)(F)F)c(C#N)c2=O)c(C)c1. The van der Waals surface area contributed by atoms with Gasteiger partial charge < -0.3 is 14.2 Å². The standard InChI is InChI=1S/C34H30F3N3O3/c1-22-9-10-26(23(2)17-22)21-40-31(19-30(34(35,36)37)29(20-38)33(40)42)24-11-13-27(14-12-24)43-28-8-6-7-25(18-28)32(41)39-15-4-3-5-16-39/h6-14,17-19H,3-5,15-16,21H2,1-2H3. The molecular formula is C34H30F3N3O3. The number of carbonyl (C=O) groups excluding carboxylic acids is 1. The Balaban J connectivity index is 1.48. The number of aromatic nitrogens is 1. The highest BCUT2D eigenvalue weighted by atomic mass is 19.4. The van der Waals surface area contributed by atoms with Crippen LogP contribution in [0.4, 0.5) is 13.2 Å². The van der Waals surface area contributed by atoms with Crippen LogP contribution in [0.1, 0.15) is 57.4 Å². The molecule has 0 aliphatic carbocycles. The number of alkyl halides is 3. The molecule has 220 valence electrons. The van der Waals surface area contributed by atoms with Gasteiger partial charge >= 0.3 is 6.18 Å². The number of hydrogen-bond acceptors (Lipinski definition) is 4. The lowest BCUT2D eigenvalue weighted by molar-refractivity contribution is -0.137. The fourth-order valence-corrected chi connectivity index (χ4v) is 5.37. The summed E-state index contributed by atoms with van der Waals surface area (Å²) in [6.45, 7) is 5.23. The van der Waals surface area contributed by atoms with Crippen molar-refractivity contribution in [2.24, 2.45) is 0 Å². The van der Waals surface area contributed by atoms with Crippen molar-refractivity contribution in [1.82, 2.24) is 9.47 Å². The van der Waals surface area contributed by atoms with Crippen molar-refractivity contribution in [1.29, 1.82) is 5.26 Å². The van der Waals surface area contributed by atoms with Crippen LogP contribution in [-0.4, -0.2) is 28.5 Å². The topological polar surface area (TPSA) is 75.3 Å². The molecule has 0 saturated carbocycles. The zero-order valence-electron chi connectivity index (χ0n) is 23.9. The number of likely N-dealkylation sites (tertiary alicyclic amines) is 1. The molecule has 6 nitrogen and oxygen atoms in total. The summed E-state index contributed by atoms with van der Waals surface area (Å²) in [7, 11) is 0. The molecule has 43 heavy (non-hydrogen) atoms. The maximum Gasteiger partial charge on any atom is 0.417 e. The van der Waals surface area contributed by atoms with Crippen molar-refractivity contribution in [3.8, 4) is 28.8 Å². The maximum absolute atomic E-state index is 13.9. The molecular weight excluding hydrogens is 555 g/mol. The minimum Gasteiger partial charge on any atom is -0.457 e. The zero-order chi connectivity index (χ0) is 30.7. The Hall–Kier alpha value is -4.84. The quantitative estimate of drug-likeness (QED) is 0.235. The smallest absolute Gasteiger partial charge is 0.417 e. The molecule has 3 aromatic carbocycles. The summed E-state index contributed by atoms with van der Waals surface area (Å²) in [6, 6.07) is 21.1. The third-order valence-electron chi connectivity index (χ3n) is 7.65. The summed E-state index contributed by atoms with van der Waals surface area (Å²) in [5.74, 6) is 0.794. The predicted molar refractivity (Wildman–Crippen MR) is 157 cm³/mol. The molecule has 0 N–H and O–H groups in total. The second-order valence-corrected chi connectivity index (χ2v) is 10.8. The van der Waals surface area contributed by atoms with E-state index in [9.17, 15) is 28.0 Å². The summed E-state index contributed by atoms with van der Waals surface area (Å²) in [6.07, 6.45) is -1.81. The van der Waals surface area contributed by atoms with Crippen LogP contribution < -0.4 is 10.3 Å². The second-order valence-electron chi connectivity index (χ2n) is 10.8. The molecule has 1 amide bonds. The number of ether oxygens (including phenoxy) is 1. The van der Waals surface area contributed by atoms with E-state index in [1.807, 2.05) is 36.9 Å². The van der Waals surface area contributed by atoms with Gasteiger partial charge in [-0.15, -0.1) is 0 Å². The van der Waals surface area contributed by atoms with E-state index in [2.05, 4.69) is 0 Å². The van der Waals surface area contributed by atoms with Gasteiger partial charge in [-0.1, -0.05) is 29.8 Å². The molecule has 2 heterocycles. The van der Waals surface area contributed by atoms with E-state index in [4.69, 9.17) is 4.74 Å². The lowest BCUT2D eigenvalue weighted by Gasteiger charge is -2.26. The van der Waals surface area contributed by atoms with Gasteiger partial charge in [0.25, 0.3) is 11.5 Å². The second kappa shape index (κ2) is 12.2. The first-order chi connectivity index (χ1) is 20.5. The molecule has 1 aliphatic rings. The number of halogens is 3. The van der Waals surface area contributed by atoms with Crippen LogP contribution in [0.5, 0.6) is 11.5 Å². The Labute approximate surface area is 247 Å². The van der Waals surface area contributed by atoms with Crippen LogP contribution in [0.2, 0.25) is 0 Å². The van der Waals surface area contributed by atoms with Crippen molar-refractivity contribution < 1.29 is 22.7 Å². The van der Waals surface area contributed by atoms with Gasteiger partial charge in [0.2, 0.25) is 0 Å². The number of nitriles is 1. The predicted octanol–water partition coefficient (Wildman–Crippen LogP) is 7.49. The van der Waals surface area contributed by atoms with Crippen LogP contribution in [-0.2, 0) is 12.7 Å². The van der Waals surface area contributed by atoms with Crippen LogP contribution in [0.25, 0.3) is 11.3 Å². The lowest BCUT2D eigenvalue weighted by atomic mass is 10.0. The van der Waals surface area contributed by atoms with Gasteiger partial charge in [-0.05, 0) is 98.3 Å². The number of nitrogens with zero attached hydrogens (tertiary/aromatic N) is 3. The average molecular weight is 586 g/mol. The van der Waals surface area contributed by atoms with Crippen molar-refractivity contribution in [2.75, 3.05) is 13.1 Å². The molecule has 5 rings (SSSR count). The molecule has 1 fully saturated rings. The summed E-state index contributed by atoms with van der Waals surface area (Å²) in [5.41, 5.74) is 0.289. The highest BCUT2D eigenvalue weighted by Crippen LogP contribution is 2.35. The molecule has 0 spiro atoms. The van der Waals surface area contributed by atoms with Gasteiger partial charge in [0.1, 0.15) is 23.1 Å². The molecule has 0 bridgehead atoms. The first kappa shape index (κ1) is 29.6. The summed E-state index contributed by atoms with van der Waals surface area (Å²) in [5, 5.41) is 9.51. The first-order valence-electron chi connectivity index (χ1n) is 14.0. The fraction of sp³-hybridized carbons (Fsp3) is 0.265. The Morgan fingerprint density at radius 1 is 0.930 bits per heavy atom. The molecule has 9 heteroatoms. The fourth-order valence-electron chi connectivity index (χ4n) is 5.37. The third kappa shape index (κ3) is 6.49. The normalized spacial score (nSPS) is 13.4. The summed E-state index contributed by atoms with van der Waals surface area (Å²) < 4.78 is 49.0. The van der Waals surface area contributed by atoms with Crippen LogP contribution >= 0.6 is 0 Å². The van der Waals surface area contributed by atoms with Gasteiger partial charge in [-0.2, -0.15) is 18.4 Å². The number of amides is 1. The van der Waals surface area contributed by atoms with Crippen LogP contribution in [0.15, 0.2) is 77.6 Å². The number of aryl methyl sites for hydroxylation is 2. The Morgan fingerprint density at radius 3 is 2.30 bits per heavy atom. The van der Waals surface area contributed by atoms with E-state index in [0.717, 1.165) is 55.1 Å². The minimum absolute atomic E-state index is 0.0107. The van der Waals surface area contributed by atoms with Gasteiger partial charge in [0.15, 0.2) is 0 Å². The molecule has 1 aromatic heterocycles. The number of pyridine rings is 1. The zero-order valence-corrected chi connectivity index (χ0v) is 23.9. The van der Waals surface area contributed by atoms with E-state index in [1.165, 1.54) is 10.6 Å². The van der Waals surface area contributed by atoms with E-state index in [1.54, 1.807) is 48.5 Å². The average Bonchev–Trinajstić information content (AvgIpc) is 2.99. The highest BCUT2D eigenvalue weighted by Gasteiger charge is 2.36. The van der Waals surface area contributed by atoms with Gasteiger partial charge in [0, 0.05) is 18.7 Å². The van der Waals surface area contributed by atoms with Crippen molar-refractivity contribution in [3.05, 3.63) is 117 Å². The molecule has 0 radical (unpaired) electrons. The van der Waals surface area contributed by atoms with Crippen molar-refractivity contribution >= 4 is 5.91 Å². The highest BCUT2D eigenvalue weighted by molar-refractivity contribution is 5.94. The number of benzene rings is 3. The monoisotopic (exact) mass is 585 g/mol. The number of piperidine rings is 1. The van der Waals surface area contributed by atoms with E-state index in [-0.39, 0.29) is 18.1 Å². The number of carbonyl (C=O) groups is 1. The Kier molecular flexibility index (Phi) is 8.40. The van der Waals surface area contributed by atoms with Gasteiger partial charge in [-0.25, -0.2) is 0 Å². The molecule has 1 saturated heterocycles. The van der Waals surface area contributed by atoms with Gasteiger partial charge in [0.05, 0.1) is 17.8 Å². The molecule has 1 aliphatic heterocycles. The van der Waals surface area contributed by atoms with Crippen molar-refractivity contribution in [2.45, 2.75) is 45.8 Å². The molecule has 0 atom stereocenters. The minimum atomic E-state index is -4.89. The number of hydrogen-bond donors (Lipinski definition) is 0. The third-order valence-corrected chi connectivity index (χ3v) is 7.65. The van der Waals surface area contributed by atoms with Crippen molar-refractivity contribution in [3.63, 3.8) is 0 Å². The molecule has 4 aromatic rings. The van der Waals surface area contributed by atoms with E-state index >= 15 is 0 Å². The first-order valence-corrected chi connectivity index (χ1v) is 14.0. The van der Waals surface area contributed by atoms with Crippen LogP contribution in [0, 0.1) is 25.2 Å². The summed E-state index contributed by atoms with van der Waals surface area (Å²) >= 11 is 0. The maximum atomic E-state index is 13.9. The lowest BCUT2D eigenvalue weighted by Crippen LogP contribution is -2.35. The van der Waals surface area contributed by atoms with Crippen LogP contribution in [0.3, 0.4) is 0 Å². The van der Waals surface area contributed by atoms with Gasteiger partial charge in [-0.3, -0.25) is 9.59 Å². The van der Waals surface area contributed by atoms with E-state index < -0.39 is 22.9 Å². The number of rotatable bonds is 6. The van der Waals surface area contributed by atoms with E-state index in [0.29, 0.717) is 22.6 Å². The largest absolute Gasteiger partial charge is 0.457 e. The Bertz CT molecular complexity index is 1760. The molecule has 0 unspecified atom stereocenters. The Morgan fingerprint density at radius 2 is 1.65 bits per heavy atom. The summed E-state index contributed by atoms with van der Waals surface area (Å²) in [4.78, 5) is 28.1.